The predicted molar refractivity (Wildman–Crippen MR) is 99.3 cm³/mol. The van der Waals surface area contributed by atoms with Gasteiger partial charge >= 0.3 is 0 Å². The van der Waals surface area contributed by atoms with E-state index in [1.54, 1.807) is 41.3 Å². The topological polar surface area (TPSA) is 107 Å². The summed E-state index contributed by atoms with van der Waals surface area (Å²) in [7, 11) is 0. The van der Waals surface area contributed by atoms with E-state index in [0.717, 1.165) is 0 Å². The molecule has 0 saturated carbocycles. The SMILES string of the molecule is CCN(Cc1cccc(F)c1)C(=O)Cn1nnc(-c2ccc(C(N)=O)cc2)n1. The van der Waals surface area contributed by atoms with Gasteiger partial charge in [-0.1, -0.05) is 24.3 Å². The molecule has 0 radical (unpaired) electrons. The number of carbonyl (C=O) groups is 2. The Morgan fingerprint density at radius 1 is 1.18 bits per heavy atom. The van der Waals surface area contributed by atoms with Gasteiger partial charge in [0.15, 0.2) is 0 Å². The second kappa shape index (κ2) is 8.38. The Morgan fingerprint density at radius 3 is 2.57 bits per heavy atom. The zero-order chi connectivity index (χ0) is 20.1. The van der Waals surface area contributed by atoms with Crippen LogP contribution in [-0.2, 0) is 17.9 Å². The highest BCUT2D eigenvalue weighted by Gasteiger charge is 2.16. The van der Waals surface area contributed by atoms with Crippen molar-refractivity contribution in [2.45, 2.75) is 20.0 Å². The van der Waals surface area contributed by atoms with Gasteiger partial charge in [0.05, 0.1) is 0 Å². The minimum absolute atomic E-state index is 0.0878. The highest BCUT2D eigenvalue weighted by Crippen LogP contribution is 2.14. The number of nitrogens with two attached hydrogens (primary N) is 1. The van der Waals surface area contributed by atoms with Crippen molar-refractivity contribution < 1.29 is 14.0 Å². The molecule has 2 N–H and O–H groups in total. The number of likely N-dealkylation sites (N-methyl/N-ethyl adjacent to an activating group) is 1. The summed E-state index contributed by atoms with van der Waals surface area (Å²) in [5, 5.41) is 12.0. The van der Waals surface area contributed by atoms with Gasteiger partial charge in [0.2, 0.25) is 17.6 Å². The maximum absolute atomic E-state index is 13.3. The standard InChI is InChI=1S/C19H19FN6O2/c1-2-25(11-13-4-3-5-16(20)10-13)17(27)12-26-23-19(22-24-26)15-8-6-14(7-9-15)18(21)28/h3-10H,2,11-12H2,1H3,(H2,21,28). The van der Waals surface area contributed by atoms with Crippen molar-refractivity contribution >= 4 is 11.8 Å². The minimum Gasteiger partial charge on any atom is -0.366 e. The fourth-order valence-electron chi connectivity index (χ4n) is 2.66. The number of carbonyl (C=O) groups excluding carboxylic acids is 2. The highest BCUT2D eigenvalue weighted by atomic mass is 19.1. The molecule has 8 nitrogen and oxygen atoms in total. The number of nitrogens with zero attached hydrogens (tertiary/aromatic N) is 5. The number of benzene rings is 2. The lowest BCUT2D eigenvalue weighted by Crippen LogP contribution is -2.33. The Kier molecular flexibility index (Phi) is 5.73. The van der Waals surface area contributed by atoms with Crippen LogP contribution in [0.5, 0.6) is 0 Å². The van der Waals surface area contributed by atoms with Gasteiger partial charge in [-0.3, -0.25) is 9.59 Å². The molecule has 0 bridgehead atoms. The van der Waals surface area contributed by atoms with Gasteiger partial charge in [-0.05, 0) is 42.0 Å². The molecule has 2 aromatic carbocycles. The van der Waals surface area contributed by atoms with E-state index in [-0.39, 0.29) is 18.3 Å². The van der Waals surface area contributed by atoms with Crippen LogP contribution in [0.15, 0.2) is 48.5 Å². The van der Waals surface area contributed by atoms with Gasteiger partial charge in [-0.2, -0.15) is 4.80 Å². The maximum atomic E-state index is 13.3. The van der Waals surface area contributed by atoms with E-state index in [1.165, 1.54) is 16.9 Å². The second-order valence-electron chi connectivity index (χ2n) is 6.12. The number of rotatable bonds is 7. The molecule has 144 valence electrons. The van der Waals surface area contributed by atoms with Crippen molar-refractivity contribution in [3.8, 4) is 11.4 Å². The number of aromatic nitrogens is 4. The third-order valence-corrected chi connectivity index (χ3v) is 4.15. The molecule has 0 aliphatic carbocycles. The van der Waals surface area contributed by atoms with Gasteiger partial charge in [0.25, 0.3) is 0 Å². The van der Waals surface area contributed by atoms with Crippen LogP contribution >= 0.6 is 0 Å². The van der Waals surface area contributed by atoms with Crippen molar-refractivity contribution in [1.29, 1.82) is 0 Å². The molecule has 0 spiro atoms. The van der Waals surface area contributed by atoms with E-state index in [9.17, 15) is 14.0 Å². The average molecular weight is 382 g/mol. The third kappa shape index (κ3) is 4.56. The molecule has 3 aromatic rings. The van der Waals surface area contributed by atoms with Crippen LogP contribution < -0.4 is 5.73 Å². The molecule has 0 saturated heterocycles. The minimum atomic E-state index is -0.522. The lowest BCUT2D eigenvalue weighted by atomic mass is 10.1. The highest BCUT2D eigenvalue weighted by molar-refractivity contribution is 5.93. The lowest BCUT2D eigenvalue weighted by molar-refractivity contribution is -0.132. The Bertz CT molecular complexity index is 986. The van der Waals surface area contributed by atoms with Gasteiger partial charge in [0, 0.05) is 24.2 Å². The normalized spacial score (nSPS) is 10.6. The third-order valence-electron chi connectivity index (χ3n) is 4.15. The van der Waals surface area contributed by atoms with Crippen molar-refractivity contribution in [3.63, 3.8) is 0 Å². The molecule has 9 heteroatoms. The molecule has 0 aliphatic heterocycles. The number of primary amides is 1. The number of hydrogen-bond donors (Lipinski definition) is 1. The second-order valence-corrected chi connectivity index (χ2v) is 6.12. The van der Waals surface area contributed by atoms with Crippen molar-refractivity contribution in [1.82, 2.24) is 25.1 Å². The smallest absolute Gasteiger partial charge is 0.248 e. The first kappa shape index (κ1) is 19.2. The van der Waals surface area contributed by atoms with E-state index in [0.29, 0.717) is 35.6 Å². The number of halogens is 1. The Hall–Kier alpha value is -3.62. The Balaban J connectivity index is 1.67. The molecular weight excluding hydrogens is 363 g/mol. The first-order chi connectivity index (χ1) is 13.5. The lowest BCUT2D eigenvalue weighted by Gasteiger charge is -2.20. The van der Waals surface area contributed by atoms with E-state index < -0.39 is 5.91 Å². The summed E-state index contributed by atoms with van der Waals surface area (Å²) < 4.78 is 13.3. The van der Waals surface area contributed by atoms with Crippen LogP contribution in [-0.4, -0.2) is 43.5 Å². The summed E-state index contributed by atoms with van der Waals surface area (Å²) in [6.07, 6.45) is 0. The number of amides is 2. The quantitative estimate of drug-likeness (QED) is 0.668. The summed E-state index contributed by atoms with van der Waals surface area (Å²) in [6, 6.07) is 12.6. The summed E-state index contributed by atoms with van der Waals surface area (Å²) >= 11 is 0. The van der Waals surface area contributed by atoms with E-state index in [2.05, 4.69) is 15.4 Å². The van der Waals surface area contributed by atoms with E-state index in [4.69, 9.17) is 5.73 Å². The molecule has 2 amide bonds. The van der Waals surface area contributed by atoms with Crippen LogP contribution in [0.25, 0.3) is 11.4 Å². The van der Waals surface area contributed by atoms with Gasteiger partial charge in [-0.25, -0.2) is 4.39 Å². The monoisotopic (exact) mass is 382 g/mol. The fraction of sp³-hybridized carbons (Fsp3) is 0.211. The van der Waals surface area contributed by atoms with Crippen molar-refractivity contribution in [2.24, 2.45) is 5.73 Å². The van der Waals surface area contributed by atoms with E-state index >= 15 is 0 Å². The van der Waals surface area contributed by atoms with E-state index in [1.807, 2.05) is 6.92 Å². The maximum Gasteiger partial charge on any atom is 0.248 e. The Labute approximate surface area is 160 Å². The molecule has 1 heterocycles. The van der Waals surface area contributed by atoms with Crippen LogP contribution in [0.4, 0.5) is 4.39 Å². The first-order valence-electron chi connectivity index (χ1n) is 8.66. The Morgan fingerprint density at radius 2 is 1.93 bits per heavy atom. The molecule has 28 heavy (non-hydrogen) atoms. The molecule has 0 atom stereocenters. The van der Waals surface area contributed by atoms with Gasteiger partial charge < -0.3 is 10.6 Å². The summed E-state index contributed by atoms with van der Waals surface area (Å²) in [5.74, 6) is -0.741. The molecule has 0 aliphatic rings. The van der Waals surface area contributed by atoms with Gasteiger partial charge in [-0.15, -0.1) is 10.2 Å². The summed E-state index contributed by atoms with van der Waals surface area (Å²) in [6.45, 7) is 2.52. The predicted octanol–water partition coefficient (Wildman–Crippen LogP) is 1.63. The fourth-order valence-corrected chi connectivity index (χ4v) is 2.66. The first-order valence-corrected chi connectivity index (χ1v) is 8.66. The zero-order valence-corrected chi connectivity index (χ0v) is 15.2. The average Bonchev–Trinajstić information content (AvgIpc) is 3.14. The number of hydrogen-bond acceptors (Lipinski definition) is 5. The van der Waals surface area contributed by atoms with Crippen LogP contribution in [0, 0.1) is 5.82 Å². The van der Waals surface area contributed by atoms with Gasteiger partial charge in [0.1, 0.15) is 12.4 Å². The van der Waals surface area contributed by atoms with Crippen LogP contribution in [0.1, 0.15) is 22.8 Å². The molecule has 0 fully saturated rings. The zero-order valence-electron chi connectivity index (χ0n) is 15.2. The van der Waals surface area contributed by atoms with Crippen molar-refractivity contribution in [2.75, 3.05) is 6.54 Å². The summed E-state index contributed by atoms with van der Waals surface area (Å²) in [5.41, 5.74) is 6.95. The molecular formula is C19H19FN6O2. The van der Waals surface area contributed by atoms with Crippen molar-refractivity contribution in [3.05, 3.63) is 65.5 Å². The molecule has 1 aromatic heterocycles. The van der Waals surface area contributed by atoms with Crippen LogP contribution in [0.3, 0.4) is 0 Å². The van der Waals surface area contributed by atoms with Crippen LogP contribution in [0.2, 0.25) is 0 Å². The number of tetrazole rings is 1. The largest absolute Gasteiger partial charge is 0.366 e. The molecule has 3 rings (SSSR count). The molecule has 0 unspecified atom stereocenters. The summed E-state index contributed by atoms with van der Waals surface area (Å²) in [4.78, 5) is 26.5.